The quantitative estimate of drug-likeness (QED) is 0.230. The number of likely N-dealkylation sites (tertiary alicyclic amines) is 1. The molecule has 10 nitrogen and oxygen atoms in total. The SMILES string of the molecule is C[C@@H]1CN(C(OC2CCC(C(=O)O)CC2)(C(=O)Cc2cc(Cl)c(NC(=O)c3cn(C)c4ccccc34)cc2F)N2CCCC2)C[C@H](C)N1CCF. The summed E-state index contributed by atoms with van der Waals surface area (Å²) in [5.41, 5.74) is 1.46. The molecule has 13 heteroatoms. The zero-order valence-electron chi connectivity index (χ0n) is 29.5. The highest BCUT2D eigenvalue weighted by molar-refractivity contribution is 6.34. The molecular formula is C38H48ClF2N5O5. The summed E-state index contributed by atoms with van der Waals surface area (Å²) < 4.78 is 38.4. The van der Waals surface area contributed by atoms with Gasteiger partial charge >= 0.3 is 5.97 Å². The number of aliphatic carboxylic acids is 1. The van der Waals surface area contributed by atoms with E-state index in [9.17, 15) is 23.9 Å². The standard InChI is InChI=1S/C38H48ClF2N5O5/c1-24-21-45(22-25(2)46(24)17-14-40)38(44-15-6-7-16-44,51-28-12-10-26(11-13-28)37(49)50)35(47)19-27-18-31(39)33(20-32(27)41)42-36(48)30-23-43(3)34-9-5-4-8-29(30)34/h4-5,8-9,18,20,23-26,28H,6-7,10-17,19,21-22H2,1-3H3,(H,42,48)(H,49,50)/t24-,25+,26?,28?,38?. The minimum Gasteiger partial charge on any atom is -0.481 e. The largest absolute Gasteiger partial charge is 0.481 e. The van der Waals surface area contributed by atoms with E-state index in [1.807, 2.05) is 54.6 Å². The fourth-order valence-electron chi connectivity index (χ4n) is 8.41. The third kappa shape index (κ3) is 7.57. The van der Waals surface area contributed by atoms with Gasteiger partial charge in [-0.05, 0) is 76.1 Å². The van der Waals surface area contributed by atoms with Gasteiger partial charge in [0.05, 0.1) is 28.3 Å². The maximum Gasteiger partial charge on any atom is 0.306 e. The number of benzene rings is 2. The molecule has 3 aromatic rings. The van der Waals surface area contributed by atoms with Crippen molar-refractivity contribution in [3.8, 4) is 0 Å². The molecule has 1 saturated carbocycles. The Balaban J connectivity index is 1.30. The van der Waals surface area contributed by atoms with E-state index in [2.05, 4.69) is 15.1 Å². The Morgan fingerprint density at radius 3 is 2.33 bits per heavy atom. The van der Waals surface area contributed by atoms with E-state index in [1.165, 1.54) is 6.07 Å². The van der Waals surface area contributed by atoms with Gasteiger partial charge in [0.1, 0.15) is 12.5 Å². The summed E-state index contributed by atoms with van der Waals surface area (Å²) in [6.07, 6.45) is 4.59. The van der Waals surface area contributed by atoms with Crippen molar-refractivity contribution >= 4 is 45.9 Å². The van der Waals surface area contributed by atoms with Crippen LogP contribution in [0.25, 0.3) is 10.9 Å². The predicted octanol–water partition coefficient (Wildman–Crippen LogP) is 6.11. The summed E-state index contributed by atoms with van der Waals surface area (Å²) in [5, 5.41) is 13.2. The number of rotatable bonds is 12. The Bertz CT molecular complexity index is 1750. The third-order valence-corrected chi connectivity index (χ3v) is 11.3. The van der Waals surface area contributed by atoms with Crippen molar-refractivity contribution < 1.29 is 33.0 Å². The molecule has 2 saturated heterocycles. The van der Waals surface area contributed by atoms with Crippen molar-refractivity contribution in [3.05, 3.63) is 64.6 Å². The van der Waals surface area contributed by atoms with Crippen LogP contribution in [0.1, 0.15) is 68.3 Å². The number of nitrogens with zero attached hydrogens (tertiary/aromatic N) is 4. The number of amides is 1. The Labute approximate surface area is 302 Å². The summed E-state index contributed by atoms with van der Waals surface area (Å²) in [6.45, 7) is 5.90. The molecule has 3 aliphatic rings. The fraction of sp³-hybridized carbons (Fsp3) is 0.553. The summed E-state index contributed by atoms with van der Waals surface area (Å²) in [7, 11) is 1.84. The summed E-state index contributed by atoms with van der Waals surface area (Å²) in [4.78, 5) is 46.2. The van der Waals surface area contributed by atoms with Gasteiger partial charge in [-0.25, -0.2) is 8.78 Å². The van der Waals surface area contributed by atoms with Crippen molar-refractivity contribution in [3.63, 3.8) is 0 Å². The number of para-hydroxylation sites is 1. The van der Waals surface area contributed by atoms with Crippen LogP contribution in [-0.2, 0) is 27.8 Å². The molecule has 1 unspecified atom stereocenters. The molecular weight excluding hydrogens is 680 g/mol. The number of aryl methyl sites for hydroxylation is 1. The number of anilines is 1. The van der Waals surface area contributed by atoms with Gasteiger partial charge in [-0.15, -0.1) is 0 Å². The first-order valence-corrected chi connectivity index (χ1v) is 18.4. The second-order valence-corrected chi connectivity index (χ2v) is 14.8. The summed E-state index contributed by atoms with van der Waals surface area (Å²) in [6, 6.07) is 9.86. The van der Waals surface area contributed by atoms with Crippen molar-refractivity contribution in [1.82, 2.24) is 19.3 Å². The lowest BCUT2D eigenvalue weighted by Gasteiger charge is -2.55. The number of piperazine rings is 1. The molecule has 1 aliphatic carbocycles. The lowest BCUT2D eigenvalue weighted by Crippen LogP contribution is -2.73. The molecule has 2 N–H and O–H groups in total. The number of ketones is 1. The first-order chi connectivity index (χ1) is 24.4. The van der Waals surface area contributed by atoms with Crippen LogP contribution in [0.4, 0.5) is 14.5 Å². The Hall–Kier alpha value is -3.42. The van der Waals surface area contributed by atoms with Gasteiger partial charge in [-0.1, -0.05) is 29.8 Å². The molecule has 1 aromatic heterocycles. The molecule has 0 spiro atoms. The smallest absolute Gasteiger partial charge is 0.306 e. The number of nitrogens with one attached hydrogen (secondary N) is 1. The molecule has 6 rings (SSSR count). The van der Waals surface area contributed by atoms with Crippen LogP contribution >= 0.6 is 11.6 Å². The van der Waals surface area contributed by atoms with Crippen molar-refractivity contribution in [2.75, 3.05) is 44.7 Å². The maximum atomic E-state index is 16.0. The molecule has 51 heavy (non-hydrogen) atoms. The Morgan fingerprint density at radius 1 is 1.02 bits per heavy atom. The molecule has 0 radical (unpaired) electrons. The van der Waals surface area contributed by atoms with E-state index in [4.69, 9.17) is 16.3 Å². The number of carbonyl (C=O) groups is 3. The number of hydrogen-bond acceptors (Lipinski definition) is 7. The molecule has 0 bridgehead atoms. The predicted molar refractivity (Wildman–Crippen MR) is 192 cm³/mol. The van der Waals surface area contributed by atoms with E-state index in [1.54, 1.807) is 6.20 Å². The first-order valence-electron chi connectivity index (χ1n) is 18.0. The second kappa shape index (κ2) is 15.7. The molecule has 2 aliphatic heterocycles. The van der Waals surface area contributed by atoms with Gasteiger partial charge in [0.2, 0.25) is 5.85 Å². The van der Waals surface area contributed by atoms with Gasteiger partial charge in [0.15, 0.2) is 5.78 Å². The van der Waals surface area contributed by atoms with Crippen LogP contribution < -0.4 is 5.32 Å². The zero-order valence-corrected chi connectivity index (χ0v) is 30.3. The normalized spacial score (nSPS) is 24.8. The minimum absolute atomic E-state index is 0.0760. The third-order valence-electron chi connectivity index (χ3n) is 11.0. The van der Waals surface area contributed by atoms with E-state index in [0.717, 1.165) is 29.8 Å². The number of aromatic nitrogens is 1. The fourth-order valence-corrected chi connectivity index (χ4v) is 8.64. The first kappa shape index (κ1) is 37.3. The Kier molecular flexibility index (Phi) is 11.5. The molecule has 3 atom stereocenters. The van der Waals surface area contributed by atoms with Gasteiger partial charge in [0, 0.05) is 75.4 Å². The number of halogens is 3. The van der Waals surface area contributed by atoms with Crippen LogP contribution in [0.5, 0.6) is 0 Å². The topological polar surface area (TPSA) is 107 Å². The monoisotopic (exact) mass is 727 g/mol. The lowest BCUT2D eigenvalue weighted by molar-refractivity contribution is -0.266. The number of fused-ring (bicyclic) bond motifs is 1. The van der Waals surface area contributed by atoms with Crippen LogP contribution in [0, 0.1) is 11.7 Å². The molecule has 276 valence electrons. The van der Waals surface area contributed by atoms with Gasteiger partial charge in [-0.2, -0.15) is 0 Å². The van der Waals surface area contributed by atoms with Gasteiger partial charge in [0.25, 0.3) is 5.91 Å². The van der Waals surface area contributed by atoms with Crippen molar-refractivity contribution in [2.45, 2.75) is 82.8 Å². The van der Waals surface area contributed by atoms with Crippen LogP contribution in [0.15, 0.2) is 42.6 Å². The van der Waals surface area contributed by atoms with E-state index >= 15 is 4.39 Å². The molecule has 3 heterocycles. The van der Waals surface area contributed by atoms with Crippen molar-refractivity contribution in [1.29, 1.82) is 0 Å². The number of ether oxygens (including phenoxy) is 1. The van der Waals surface area contributed by atoms with Gasteiger partial charge < -0.3 is 19.7 Å². The number of hydrogen-bond donors (Lipinski definition) is 2. The van der Waals surface area contributed by atoms with Crippen molar-refractivity contribution in [2.24, 2.45) is 13.0 Å². The van der Waals surface area contributed by atoms with Crippen LogP contribution in [0.3, 0.4) is 0 Å². The molecule has 1 amide bonds. The number of alkyl halides is 1. The highest BCUT2D eigenvalue weighted by Crippen LogP contribution is 2.38. The average Bonchev–Trinajstić information content (AvgIpc) is 3.76. The summed E-state index contributed by atoms with van der Waals surface area (Å²) in [5.74, 6) is -4.29. The lowest BCUT2D eigenvalue weighted by atomic mass is 9.87. The highest BCUT2D eigenvalue weighted by atomic mass is 35.5. The van der Waals surface area contributed by atoms with E-state index in [-0.39, 0.29) is 53.2 Å². The number of carboxylic acid groups (broad SMARTS) is 1. The van der Waals surface area contributed by atoms with E-state index < -0.39 is 36.1 Å². The summed E-state index contributed by atoms with van der Waals surface area (Å²) >= 11 is 6.67. The number of carboxylic acids is 1. The van der Waals surface area contributed by atoms with Crippen LogP contribution in [-0.4, -0.2) is 105 Å². The molecule has 2 aromatic carbocycles. The van der Waals surface area contributed by atoms with Gasteiger partial charge in [-0.3, -0.25) is 29.1 Å². The van der Waals surface area contributed by atoms with Crippen LogP contribution in [0.2, 0.25) is 5.02 Å². The van der Waals surface area contributed by atoms with E-state index in [0.29, 0.717) is 57.4 Å². The highest BCUT2D eigenvalue weighted by Gasteiger charge is 2.54. The second-order valence-electron chi connectivity index (χ2n) is 14.4. The number of carbonyl (C=O) groups excluding carboxylic acids is 2. The minimum atomic E-state index is -1.54. The zero-order chi connectivity index (χ0) is 36.4. The average molecular weight is 728 g/mol. The maximum absolute atomic E-state index is 16.0. The Morgan fingerprint density at radius 2 is 1.69 bits per heavy atom. The molecule has 3 fully saturated rings. The number of Topliss-reactive ketones (excluding diaryl/α,β-unsaturated/α-hetero) is 1.